The fourth-order valence-corrected chi connectivity index (χ4v) is 3.23. The second-order valence-corrected chi connectivity index (χ2v) is 6.51. The van der Waals surface area contributed by atoms with E-state index in [0.29, 0.717) is 0 Å². The quantitative estimate of drug-likeness (QED) is 0.909. The number of rotatable bonds is 5. The van der Waals surface area contributed by atoms with Crippen molar-refractivity contribution in [3.63, 3.8) is 0 Å². The molecular weight excluding hydrogens is 312 g/mol. The number of aryl methyl sites for hydroxylation is 1. The van der Waals surface area contributed by atoms with Gasteiger partial charge in [0.2, 0.25) is 5.91 Å². The molecule has 1 amide bonds. The molecule has 5 nitrogen and oxygen atoms in total. The summed E-state index contributed by atoms with van der Waals surface area (Å²) in [7, 11) is 0. The maximum absolute atomic E-state index is 11.5. The summed E-state index contributed by atoms with van der Waals surface area (Å²) in [4.78, 5) is 20.3. The van der Waals surface area contributed by atoms with E-state index in [9.17, 15) is 4.79 Å². The van der Waals surface area contributed by atoms with Crippen LogP contribution in [0.25, 0.3) is 0 Å². The lowest BCUT2D eigenvalue weighted by molar-refractivity contribution is -0.129. The summed E-state index contributed by atoms with van der Waals surface area (Å²) in [5.74, 6) is 1.18. The van der Waals surface area contributed by atoms with Gasteiger partial charge in [-0.15, -0.1) is 0 Å². The molecule has 3 rings (SSSR count). The van der Waals surface area contributed by atoms with E-state index in [1.165, 1.54) is 16.7 Å². The molecule has 132 valence electrons. The van der Waals surface area contributed by atoms with Crippen LogP contribution in [0.15, 0.2) is 42.6 Å². The Hall–Kier alpha value is -2.40. The van der Waals surface area contributed by atoms with Gasteiger partial charge in [0, 0.05) is 58.0 Å². The highest BCUT2D eigenvalue weighted by Crippen LogP contribution is 2.19. The Morgan fingerprint density at radius 2 is 1.72 bits per heavy atom. The molecule has 2 aromatic rings. The Morgan fingerprint density at radius 3 is 2.44 bits per heavy atom. The van der Waals surface area contributed by atoms with Crippen LogP contribution in [0.3, 0.4) is 0 Å². The number of aromatic nitrogens is 1. The molecule has 1 aliphatic rings. The molecule has 1 N–H and O–H groups in total. The molecule has 0 spiro atoms. The van der Waals surface area contributed by atoms with Crippen molar-refractivity contribution in [1.82, 2.24) is 15.2 Å². The van der Waals surface area contributed by atoms with Crippen molar-refractivity contribution in [2.75, 3.05) is 31.1 Å². The van der Waals surface area contributed by atoms with E-state index in [1.54, 1.807) is 6.92 Å². The van der Waals surface area contributed by atoms with Gasteiger partial charge in [-0.1, -0.05) is 30.3 Å². The largest absolute Gasteiger partial charge is 0.353 e. The number of anilines is 1. The number of amides is 1. The molecule has 1 aliphatic heterocycles. The zero-order valence-electron chi connectivity index (χ0n) is 15.0. The van der Waals surface area contributed by atoms with Gasteiger partial charge in [-0.05, 0) is 24.1 Å². The van der Waals surface area contributed by atoms with E-state index in [2.05, 4.69) is 52.5 Å². The molecule has 0 radical (unpaired) electrons. The van der Waals surface area contributed by atoms with E-state index >= 15 is 0 Å². The van der Waals surface area contributed by atoms with Crippen LogP contribution in [0.5, 0.6) is 0 Å². The van der Waals surface area contributed by atoms with Gasteiger partial charge in [0.15, 0.2) is 0 Å². The van der Waals surface area contributed by atoms with Crippen molar-refractivity contribution in [1.29, 1.82) is 0 Å². The third-order valence-electron chi connectivity index (χ3n) is 4.78. The molecule has 5 heteroatoms. The molecule has 0 atom stereocenters. The summed E-state index contributed by atoms with van der Waals surface area (Å²) in [6.07, 6.45) is 1.84. The van der Waals surface area contributed by atoms with Crippen molar-refractivity contribution in [2.24, 2.45) is 0 Å². The molecule has 0 unspecified atom stereocenters. The predicted octanol–water partition coefficient (Wildman–Crippen LogP) is 2.35. The molecular formula is C20H26N4O. The van der Waals surface area contributed by atoms with Crippen molar-refractivity contribution in [3.8, 4) is 0 Å². The van der Waals surface area contributed by atoms with Gasteiger partial charge in [0.25, 0.3) is 0 Å². The van der Waals surface area contributed by atoms with Gasteiger partial charge in [-0.2, -0.15) is 0 Å². The maximum Gasteiger partial charge on any atom is 0.219 e. The zero-order valence-corrected chi connectivity index (χ0v) is 15.0. The average Bonchev–Trinajstić information content (AvgIpc) is 2.64. The number of carbonyl (C=O) groups excluding carboxylic acids is 1. The summed E-state index contributed by atoms with van der Waals surface area (Å²) < 4.78 is 0. The summed E-state index contributed by atoms with van der Waals surface area (Å²) in [5.41, 5.74) is 3.83. The highest BCUT2D eigenvalue weighted by molar-refractivity contribution is 5.73. The van der Waals surface area contributed by atoms with E-state index in [4.69, 9.17) is 0 Å². The van der Waals surface area contributed by atoms with E-state index in [-0.39, 0.29) is 5.91 Å². The fraction of sp³-hybridized carbons (Fsp3) is 0.400. The Morgan fingerprint density at radius 1 is 1.04 bits per heavy atom. The Bertz CT molecular complexity index is 723. The van der Waals surface area contributed by atoms with Crippen LogP contribution in [0.1, 0.15) is 23.6 Å². The minimum Gasteiger partial charge on any atom is -0.353 e. The summed E-state index contributed by atoms with van der Waals surface area (Å²) in [6, 6.07) is 12.6. The molecule has 1 saturated heterocycles. The number of nitrogens with zero attached hydrogens (tertiary/aromatic N) is 3. The van der Waals surface area contributed by atoms with Crippen LogP contribution < -0.4 is 10.2 Å². The Balaban J connectivity index is 1.61. The third-order valence-corrected chi connectivity index (χ3v) is 4.78. The second kappa shape index (κ2) is 8.12. The van der Waals surface area contributed by atoms with Crippen LogP contribution in [0, 0.1) is 6.92 Å². The van der Waals surface area contributed by atoms with Gasteiger partial charge in [-0.25, -0.2) is 4.98 Å². The zero-order chi connectivity index (χ0) is 17.6. The smallest absolute Gasteiger partial charge is 0.219 e. The summed E-state index contributed by atoms with van der Waals surface area (Å²) in [5, 5.41) is 3.53. The van der Waals surface area contributed by atoms with Gasteiger partial charge >= 0.3 is 0 Å². The van der Waals surface area contributed by atoms with Crippen molar-refractivity contribution in [2.45, 2.75) is 26.9 Å². The summed E-state index contributed by atoms with van der Waals surface area (Å²) in [6.45, 7) is 8.61. The van der Waals surface area contributed by atoms with E-state index in [0.717, 1.165) is 45.1 Å². The topological polar surface area (TPSA) is 48.5 Å². The van der Waals surface area contributed by atoms with Gasteiger partial charge in [0.1, 0.15) is 5.82 Å². The van der Waals surface area contributed by atoms with Crippen LogP contribution in [0.4, 0.5) is 5.82 Å². The first-order valence-corrected chi connectivity index (χ1v) is 8.84. The minimum absolute atomic E-state index is 0.154. The molecule has 2 heterocycles. The number of hydrogen-bond acceptors (Lipinski definition) is 4. The fourth-order valence-electron chi connectivity index (χ4n) is 3.23. The minimum atomic E-state index is 0.154. The van der Waals surface area contributed by atoms with Crippen LogP contribution in [-0.2, 0) is 17.9 Å². The van der Waals surface area contributed by atoms with Crippen LogP contribution in [0.2, 0.25) is 0 Å². The number of benzene rings is 1. The molecule has 25 heavy (non-hydrogen) atoms. The van der Waals surface area contributed by atoms with E-state index < -0.39 is 0 Å². The van der Waals surface area contributed by atoms with Crippen molar-refractivity contribution >= 4 is 11.7 Å². The molecule has 0 bridgehead atoms. The molecule has 0 aliphatic carbocycles. The molecule has 1 aromatic carbocycles. The SMILES string of the molecule is CC(=O)N1CCN(c2ncccc2CNCc2ccccc2C)CC1. The van der Waals surface area contributed by atoms with Crippen LogP contribution >= 0.6 is 0 Å². The first-order valence-electron chi connectivity index (χ1n) is 8.84. The average molecular weight is 338 g/mol. The van der Waals surface area contributed by atoms with Gasteiger partial charge in [-0.3, -0.25) is 4.79 Å². The van der Waals surface area contributed by atoms with Gasteiger partial charge < -0.3 is 15.1 Å². The lowest BCUT2D eigenvalue weighted by Gasteiger charge is -2.35. The molecule has 0 saturated carbocycles. The van der Waals surface area contributed by atoms with Gasteiger partial charge in [0.05, 0.1) is 0 Å². The van der Waals surface area contributed by atoms with Crippen molar-refractivity contribution < 1.29 is 4.79 Å². The number of nitrogens with one attached hydrogen (secondary N) is 1. The van der Waals surface area contributed by atoms with E-state index in [1.807, 2.05) is 17.2 Å². The number of piperazine rings is 1. The Kier molecular flexibility index (Phi) is 5.66. The van der Waals surface area contributed by atoms with Crippen LogP contribution in [-0.4, -0.2) is 42.0 Å². The first kappa shape index (κ1) is 17.4. The first-order chi connectivity index (χ1) is 12.1. The predicted molar refractivity (Wildman–Crippen MR) is 100 cm³/mol. The molecule has 1 fully saturated rings. The van der Waals surface area contributed by atoms with Crippen molar-refractivity contribution in [3.05, 3.63) is 59.3 Å². The monoisotopic (exact) mass is 338 g/mol. The third kappa shape index (κ3) is 4.37. The maximum atomic E-state index is 11.5. The second-order valence-electron chi connectivity index (χ2n) is 6.51. The highest BCUT2D eigenvalue weighted by atomic mass is 16.2. The normalized spacial score (nSPS) is 14.6. The highest BCUT2D eigenvalue weighted by Gasteiger charge is 2.21. The lowest BCUT2D eigenvalue weighted by atomic mass is 10.1. The lowest BCUT2D eigenvalue weighted by Crippen LogP contribution is -2.48. The standard InChI is InChI=1S/C20H26N4O/c1-16-6-3-4-7-18(16)14-21-15-19-8-5-9-22-20(19)24-12-10-23(11-13-24)17(2)25/h3-9,21H,10-15H2,1-2H3. The molecule has 1 aromatic heterocycles. The number of pyridine rings is 1. The number of hydrogen-bond donors (Lipinski definition) is 1. The summed E-state index contributed by atoms with van der Waals surface area (Å²) >= 11 is 0. The Labute approximate surface area is 149 Å². The number of carbonyl (C=O) groups is 1.